The first-order chi connectivity index (χ1) is 12.9. The SMILES string of the molecule is CC(CN1C[C@@H]2CC(O)(Cc3ccc(F)cc3)C[C@@H]2C1)c1ccc(O)cn1. The van der Waals surface area contributed by atoms with E-state index >= 15 is 0 Å². The lowest BCUT2D eigenvalue weighted by molar-refractivity contribution is 0.0353. The molecule has 2 unspecified atom stereocenters. The Balaban J connectivity index is 1.32. The Hall–Kier alpha value is -1.98. The van der Waals surface area contributed by atoms with Crippen LogP contribution in [0.25, 0.3) is 0 Å². The van der Waals surface area contributed by atoms with Gasteiger partial charge in [0.15, 0.2) is 0 Å². The van der Waals surface area contributed by atoms with Gasteiger partial charge in [0.05, 0.1) is 11.8 Å². The standard InChI is InChI=1S/C22H27FN2O2/c1-15(21-7-6-20(26)11-24-21)12-25-13-17-9-22(27,10-18(17)14-25)8-16-2-4-19(23)5-3-16/h2-7,11,15,17-18,26-27H,8-10,12-14H2,1H3/t15?,17-,18+,22?. The van der Waals surface area contributed by atoms with E-state index in [-0.39, 0.29) is 11.6 Å². The van der Waals surface area contributed by atoms with Crippen molar-refractivity contribution in [2.75, 3.05) is 19.6 Å². The zero-order valence-corrected chi connectivity index (χ0v) is 15.7. The molecule has 0 spiro atoms. The average molecular weight is 370 g/mol. The highest BCUT2D eigenvalue weighted by Gasteiger charge is 2.48. The summed E-state index contributed by atoms with van der Waals surface area (Å²) in [6.07, 6.45) is 3.74. The maximum absolute atomic E-state index is 13.1. The van der Waals surface area contributed by atoms with Gasteiger partial charge in [-0.3, -0.25) is 4.98 Å². The Morgan fingerprint density at radius 3 is 2.41 bits per heavy atom. The molecule has 2 aliphatic rings. The monoisotopic (exact) mass is 370 g/mol. The van der Waals surface area contributed by atoms with E-state index in [2.05, 4.69) is 16.8 Å². The molecule has 1 aliphatic carbocycles. The molecule has 2 heterocycles. The second-order valence-corrected chi connectivity index (χ2v) is 8.52. The number of likely N-dealkylation sites (tertiary alicyclic amines) is 1. The van der Waals surface area contributed by atoms with Gasteiger partial charge < -0.3 is 15.1 Å². The van der Waals surface area contributed by atoms with Crippen molar-refractivity contribution < 1.29 is 14.6 Å². The van der Waals surface area contributed by atoms with Crippen molar-refractivity contribution in [1.82, 2.24) is 9.88 Å². The van der Waals surface area contributed by atoms with Gasteiger partial charge in [-0.05, 0) is 54.5 Å². The summed E-state index contributed by atoms with van der Waals surface area (Å²) in [6.45, 7) is 5.14. The summed E-state index contributed by atoms with van der Waals surface area (Å²) in [5.41, 5.74) is 1.34. The minimum Gasteiger partial charge on any atom is -0.506 e. The van der Waals surface area contributed by atoms with Gasteiger partial charge in [-0.1, -0.05) is 19.1 Å². The number of hydrogen-bond donors (Lipinski definition) is 2. The minimum atomic E-state index is -0.663. The van der Waals surface area contributed by atoms with E-state index in [4.69, 9.17) is 0 Å². The third kappa shape index (κ3) is 4.14. The third-order valence-corrected chi connectivity index (χ3v) is 6.19. The van der Waals surface area contributed by atoms with Crippen molar-refractivity contribution in [1.29, 1.82) is 0 Å². The molecule has 2 fully saturated rings. The number of aromatic nitrogens is 1. The molecule has 4 nitrogen and oxygen atoms in total. The smallest absolute Gasteiger partial charge is 0.133 e. The first-order valence-corrected chi connectivity index (χ1v) is 9.74. The number of pyridine rings is 1. The van der Waals surface area contributed by atoms with Gasteiger partial charge in [-0.15, -0.1) is 0 Å². The van der Waals surface area contributed by atoms with Crippen LogP contribution in [0.15, 0.2) is 42.6 Å². The number of aromatic hydroxyl groups is 1. The van der Waals surface area contributed by atoms with Gasteiger partial charge in [-0.2, -0.15) is 0 Å². The average Bonchev–Trinajstić information content (AvgIpc) is 3.11. The Labute approximate surface area is 159 Å². The molecule has 144 valence electrons. The summed E-state index contributed by atoms with van der Waals surface area (Å²) in [5.74, 6) is 1.32. The van der Waals surface area contributed by atoms with Crippen LogP contribution in [0.3, 0.4) is 0 Å². The van der Waals surface area contributed by atoms with E-state index in [1.807, 2.05) is 6.07 Å². The fourth-order valence-corrected chi connectivity index (χ4v) is 5.00. The summed E-state index contributed by atoms with van der Waals surface area (Å²) >= 11 is 0. The molecule has 1 saturated heterocycles. The number of benzene rings is 1. The molecule has 1 aromatic heterocycles. The summed E-state index contributed by atoms with van der Waals surface area (Å²) in [4.78, 5) is 6.80. The van der Waals surface area contributed by atoms with Crippen LogP contribution >= 0.6 is 0 Å². The number of halogens is 1. The molecule has 1 aliphatic heterocycles. The normalized spacial score (nSPS) is 29.0. The predicted octanol–water partition coefficient (Wildman–Crippen LogP) is 3.35. The van der Waals surface area contributed by atoms with E-state index in [1.165, 1.54) is 18.3 Å². The molecule has 0 bridgehead atoms. The molecule has 1 saturated carbocycles. The highest BCUT2D eigenvalue weighted by molar-refractivity contribution is 5.21. The highest BCUT2D eigenvalue weighted by Crippen LogP contribution is 2.45. The van der Waals surface area contributed by atoms with Gasteiger partial charge in [-0.25, -0.2) is 4.39 Å². The van der Waals surface area contributed by atoms with E-state index in [9.17, 15) is 14.6 Å². The molecule has 5 heteroatoms. The first kappa shape index (κ1) is 18.4. The summed E-state index contributed by atoms with van der Waals surface area (Å²) in [5, 5.41) is 20.4. The molecular weight excluding hydrogens is 343 g/mol. The maximum Gasteiger partial charge on any atom is 0.133 e. The molecule has 1 aromatic carbocycles. The van der Waals surface area contributed by atoms with Crippen LogP contribution < -0.4 is 0 Å². The van der Waals surface area contributed by atoms with E-state index in [0.29, 0.717) is 24.2 Å². The van der Waals surface area contributed by atoms with Crippen LogP contribution in [0, 0.1) is 17.7 Å². The zero-order chi connectivity index (χ0) is 19.0. The van der Waals surface area contributed by atoms with Crippen LogP contribution in [0.4, 0.5) is 4.39 Å². The lowest BCUT2D eigenvalue weighted by Gasteiger charge is -2.27. The van der Waals surface area contributed by atoms with E-state index in [0.717, 1.165) is 43.7 Å². The first-order valence-electron chi connectivity index (χ1n) is 9.74. The number of hydrogen-bond acceptors (Lipinski definition) is 4. The van der Waals surface area contributed by atoms with Crippen molar-refractivity contribution in [3.05, 3.63) is 59.7 Å². The Morgan fingerprint density at radius 1 is 1.15 bits per heavy atom. The maximum atomic E-state index is 13.1. The summed E-state index contributed by atoms with van der Waals surface area (Å²) < 4.78 is 13.1. The van der Waals surface area contributed by atoms with Gasteiger partial charge >= 0.3 is 0 Å². The molecule has 4 atom stereocenters. The fraction of sp³-hybridized carbons (Fsp3) is 0.500. The number of aliphatic hydroxyl groups is 1. The second-order valence-electron chi connectivity index (χ2n) is 8.52. The quantitative estimate of drug-likeness (QED) is 0.848. The zero-order valence-electron chi connectivity index (χ0n) is 15.7. The van der Waals surface area contributed by atoms with Crippen molar-refractivity contribution in [3.8, 4) is 5.75 Å². The molecular formula is C22H27FN2O2. The minimum absolute atomic E-state index is 0.196. The number of nitrogens with zero attached hydrogens (tertiary/aromatic N) is 2. The van der Waals surface area contributed by atoms with E-state index < -0.39 is 5.60 Å². The summed E-state index contributed by atoms with van der Waals surface area (Å²) in [7, 11) is 0. The van der Waals surface area contributed by atoms with Crippen LogP contribution in [0.2, 0.25) is 0 Å². The largest absolute Gasteiger partial charge is 0.506 e. The van der Waals surface area contributed by atoms with Crippen LogP contribution in [-0.2, 0) is 6.42 Å². The van der Waals surface area contributed by atoms with E-state index in [1.54, 1.807) is 18.2 Å². The third-order valence-electron chi connectivity index (χ3n) is 6.19. The Morgan fingerprint density at radius 2 is 1.81 bits per heavy atom. The molecule has 0 radical (unpaired) electrons. The second kappa shape index (κ2) is 7.21. The molecule has 2 N–H and O–H groups in total. The Bertz CT molecular complexity index is 764. The lowest BCUT2D eigenvalue weighted by Crippen LogP contribution is -2.33. The fourth-order valence-electron chi connectivity index (χ4n) is 5.00. The number of rotatable bonds is 5. The van der Waals surface area contributed by atoms with Crippen molar-refractivity contribution in [2.24, 2.45) is 11.8 Å². The highest BCUT2D eigenvalue weighted by atomic mass is 19.1. The topological polar surface area (TPSA) is 56.6 Å². The molecule has 4 rings (SSSR count). The van der Waals surface area contributed by atoms with Gasteiger partial charge in [0.25, 0.3) is 0 Å². The van der Waals surface area contributed by atoms with Crippen LogP contribution in [0.1, 0.15) is 36.9 Å². The Kier molecular flexibility index (Phi) is 4.91. The summed E-state index contributed by atoms with van der Waals surface area (Å²) in [6, 6.07) is 10.1. The van der Waals surface area contributed by atoms with Gasteiger partial charge in [0.1, 0.15) is 11.6 Å². The van der Waals surface area contributed by atoms with Crippen molar-refractivity contribution in [3.63, 3.8) is 0 Å². The predicted molar refractivity (Wildman–Crippen MR) is 102 cm³/mol. The van der Waals surface area contributed by atoms with Crippen molar-refractivity contribution >= 4 is 0 Å². The van der Waals surface area contributed by atoms with Crippen LogP contribution in [0.5, 0.6) is 5.75 Å². The molecule has 0 amide bonds. The van der Waals surface area contributed by atoms with Crippen LogP contribution in [-0.4, -0.2) is 45.3 Å². The lowest BCUT2D eigenvalue weighted by atomic mass is 9.91. The number of fused-ring (bicyclic) bond motifs is 1. The molecule has 2 aromatic rings. The van der Waals surface area contributed by atoms with Gasteiger partial charge in [0.2, 0.25) is 0 Å². The van der Waals surface area contributed by atoms with Gasteiger partial charge in [0, 0.05) is 37.7 Å². The molecule has 27 heavy (non-hydrogen) atoms. The van der Waals surface area contributed by atoms with Crippen molar-refractivity contribution in [2.45, 2.75) is 37.7 Å².